The molecule has 1 aliphatic carbocycles. The van der Waals surface area contributed by atoms with Crippen LogP contribution in [0.5, 0.6) is 0 Å². The van der Waals surface area contributed by atoms with Crippen molar-refractivity contribution in [3.05, 3.63) is 46.5 Å². The molecule has 0 amide bonds. The molecular weight excluding hydrogens is 352 g/mol. The third-order valence-electron chi connectivity index (χ3n) is 5.46. The third-order valence-corrected chi connectivity index (χ3v) is 5.46. The van der Waals surface area contributed by atoms with E-state index in [4.69, 9.17) is 9.47 Å². The highest BCUT2D eigenvalue weighted by Crippen LogP contribution is 2.36. The molecule has 1 aliphatic rings. The van der Waals surface area contributed by atoms with Crippen LogP contribution in [0.25, 0.3) is 0 Å². The molecule has 0 saturated carbocycles. The number of hydrogen-bond acceptors (Lipinski definition) is 4. The van der Waals surface area contributed by atoms with Crippen LogP contribution in [-0.4, -0.2) is 31.2 Å². The number of Topliss-reactive ketones (excluding diaryl/α,β-unsaturated/α-hetero) is 1. The number of aliphatic hydroxyl groups excluding tert-OH is 1. The van der Waals surface area contributed by atoms with E-state index in [0.29, 0.717) is 12.2 Å². The molecule has 4 nitrogen and oxygen atoms in total. The molecule has 0 fully saturated rings. The summed E-state index contributed by atoms with van der Waals surface area (Å²) in [6.45, 7) is 10.5. The van der Waals surface area contributed by atoms with Crippen LogP contribution in [0.3, 0.4) is 0 Å². The maximum atomic E-state index is 12.4. The number of allylic oxidation sites excluding steroid dienone is 7. The maximum Gasteiger partial charge on any atom is 0.229 e. The molecule has 1 unspecified atom stereocenters. The fourth-order valence-corrected chi connectivity index (χ4v) is 3.61. The molecule has 0 bridgehead atoms. The van der Waals surface area contributed by atoms with Gasteiger partial charge < -0.3 is 14.6 Å². The van der Waals surface area contributed by atoms with Gasteiger partial charge in [-0.15, -0.1) is 0 Å². The summed E-state index contributed by atoms with van der Waals surface area (Å²) in [5, 5.41) is 10.4. The van der Waals surface area contributed by atoms with Gasteiger partial charge in [-0.3, -0.25) is 4.79 Å². The Kier molecular flexibility index (Phi) is 10.3. The minimum Gasteiger partial charge on any atom is -0.497 e. The van der Waals surface area contributed by atoms with Crippen LogP contribution < -0.4 is 0 Å². The van der Waals surface area contributed by atoms with Crippen molar-refractivity contribution < 1.29 is 19.4 Å². The summed E-state index contributed by atoms with van der Waals surface area (Å²) >= 11 is 0. The van der Waals surface area contributed by atoms with Gasteiger partial charge in [-0.2, -0.15) is 0 Å². The van der Waals surface area contributed by atoms with Crippen molar-refractivity contribution in [1.82, 2.24) is 0 Å². The van der Waals surface area contributed by atoms with Gasteiger partial charge >= 0.3 is 0 Å². The Bertz CT molecular complexity index is 648. The lowest BCUT2D eigenvalue weighted by molar-refractivity contribution is -0.133. The quantitative estimate of drug-likeness (QED) is 0.501. The molecule has 1 rings (SSSR count). The van der Waals surface area contributed by atoms with Gasteiger partial charge in [-0.1, -0.05) is 41.9 Å². The van der Waals surface area contributed by atoms with Crippen molar-refractivity contribution >= 4 is 5.78 Å². The molecule has 158 valence electrons. The summed E-state index contributed by atoms with van der Waals surface area (Å²) in [6, 6.07) is 0. The number of rotatable bonds is 10. The predicted octanol–water partition coefficient (Wildman–Crippen LogP) is 5.50. The third kappa shape index (κ3) is 6.97. The van der Waals surface area contributed by atoms with Crippen molar-refractivity contribution in [2.75, 3.05) is 14.2 Å². The van der Waals surface area contributed by atoms with Crippen molar-refractivity contribution in [3.63, 3.8) is 0 Å². The van der Waals surface area contributed by atoms with Gasteiger partial charge in [-0.25, -0.2) is 0 Å². The van der Waals surface area contributed by atoms with Crippen LogP contribution in [0.15, 0.2) is 46.5 Å². The molecule has 0 aromatic heterocycles. The van der Waals surface area contributed by atoms with E-state index in [1.807, 2.05) is 6.92 Å². The van der Waals surface area contributed by atoms with E-state index in [2.05, 4.69) is 45.9 Å². The zero-order chi connectivity index (χ0) is 21.3. The summed E-state index contributed by atoms with van der Waals surface area (Å²) in [4.78, 5) is 12.4. The first-order chi connectivity index (χ1) is 13.2. The van der Waals surface area contributed by atoms with E-state index >= 15 is 0 Å². The van der Waals surface area contributed by atoms with E-state index in [0.717, 1.165) is 25.7 Å². The average Bonchev–Trinajstić information content (AvgIpc) is 2.64. The van der Waals surface area contributed by atoms with Crippen molar-refractivity contribution in [2.24, 2.45) is 11.8 Å². The number of methoxy groups -OCH3 is 2. The van der Waals surface area contributed by atoms with Crippen molar-refractivity contribution in [2.45, 2.75) is 72.8 Å². The summed E-state index contributed by atoms with van der Waals surface area (Å²) in [7, 11) is 2.98. The lowest BCUT2D eigenvalue weighted by Crippen LogP contribution is -2.41. The molecule has 0 aromatic carbocycles. The smallest absolute Gasteiger partial charge is 0.229 e. The first-order valence-electron chi connectivity index (χ1n) is 10.2. The Morgan fingerprint density at radius 1 is 0.964 bits per heavy atom. The van der Waals surface area contributed by atoms with Gasteiger partial charge in [0.25, 0.3) is 0 Å². The normalized spacial score (nSPS) is 23.7. The van der Waals surface area contributed by atoms with E-state index in [9.17, 15) is 9.90 Å². The lowest BCUT2D eigenvalue weighted by Gasteiger charge is -2.33. The average molecular weight is 391 g/mol. The SMILES string of the molecule is COC1=C(OC)[C@H](C)[C@H](C/C=C(\C)CC/C=C(\C)CCC=C(C)C)C(O)C1=O. The maximum absolute atomic E-state index is 12.4. The molecular formula is C24H38O4. The number of ketones is 1. The van der Waals surface area contributed by atoms with Crippen LogP contribution in [0, 0.1) is 11.8 Å². The molecule has 0 radical (unpaired) electrons. The predicted molar refractivity (Wildman–Crippen MR) is 115 cm³/mol. The molecule has 4 heteroatoms. The Labute approximate surface area is 171 Å². The van der Waals surface area contributed by atoms with Crippen molar-refractivity contribution in [3.8, 4) is 0 Å². The molecule has 0 aliphatic heterocycles. The van der Waals surface area contributed by atoms with E-state index in [1.54, 1.807) is 7.11 Å². The number of hydrogen-bond donors (Lipinski definition) is 1. The van der Waals surface area contributed by atoms with E-state index in [1.165, 1.54) is 23.8 Å². The second-order valence-corrected chi connectivity index (χ2v) is 8.06. The Hall–Kier alpha value is -1.81. The van der Waals surface area contributed by atoms with Gasteiger partial charge in [0, 0.05) is 11.8 Å². The zero-order valence-electron chi connectivity index (χ0n) is 18.7. The Balaban J connectivity index is 2.64. The number of aliphatic hydroxyl groups is 1. The molecule has 3 atom stereocenters. The molecule has 0 saturated heterocycles. The highest BCUT2D eigenvalue weighted by Gasteiger charge is 2.42. The van der Waals surface area contributed by atoms with Crippen molar-refractivity contribution in [1.29, 1.82) is 0 Å². The first kappa shape index (κ1) is 24.2. The topological polar surface area (TPSA) is 55.8 Å². The summed E-state index contributed by atoms with van der Waals surface area (Å²) in [5.74, 6) is 0.0203. The first-order valence-corrected chi connectivity index (χ1v) is 10.2. The minimum atomic E-state index is -1.05. The molecule has 0 heterocycles. The van der Waals surface area contributed by atoms with Crippen LogP contribution in [0.1, 0.15) is 66.7 Å². The molecule has 0 spiro atoms. The fourth-order valence-electron chi connectivity index (χ4n) is 3.61. The minimum absolute atomic E-state index is 0.0751. The van der Waals surface area contributed by atoms with Gasteiger partial charge in [0.05, 0.1) is 14.2 Å². The Morgan fingerprint density at radius 2 is 1.54 bits per heavy atom. The second kappa shape index (κ2) is 11.9. The Morgan fingerprint density at radius 3 is 2.07 bits per heavy atom. The standard InChI is InChI=1S/C24H38O4/c1-16(2)10-8-11-17(3)12-9-13-18(4)14-15-20-19(5)23(27-6)24(28-7)22(26)21(20)25/h10,12,14,19-21,25H,8-9,11,13,15H2,1-7H3/b17-12+,18-14+/t19-,20+,21?/m1/s1. The van der Waals surface area contributed by atoms with Crippen LogP contribution in [0.4, 0.5) is 0 Å². The fraction of sp³-hybridized carbons (Fsp3) is 0.625. The van der Waals surface area contributed by atoms with Gasteiger partial charge in [0.2, 0.25) is 11.5 Å². The summed E-state index contributed by atoms with van der Waals surface area (Å²) in [5.41, 5.74) is 4.07. The zero-order valence-corrected chi connectivity index (χ0v) is 18.7. The molecule has 1 N–H and O–H groups in total. The highest BCUT2D eigenvalue weighted by molar-refractivity contribution is 5.98. The molecule has 0 aromatic rings. The van der Waals surface area contributed by atoms with E-state index in [-0.39, 0.29) is 23.4 Å². The van der Waals surface area contributed by atoms with Gasteiger partial charge in [0.15, 0.2) is 0 Å². The lowest BCUT2D eigenvalue weighted by atomic mass is 9.77. The van der Waals surface area contributed by atoms with E-state index < -0.39 is 6.10 Å². The number of carbonyl (C=O) groups is 1. The number of ether oxygens (including phenoxy) is 2. The summed E-state index contributed by atoms with van der Waals surface area (Å²) < 4.78 is 10.5. The largest absolute Gasteiger partial charge is 0.497 e. The van der Waals surface area contributed by atoms with Crippen LogP contribution >= 0.6 is 0 Å². The highest BCUT2D eigenvalue weighted by atomic mass is 16.5. The van der Waals surface area contributed by atoms with Gasteiger partial charge in [0.1, 0.15) is 11.9 Å². The van der Waals surface area contributed by atoms with Crippen LogP contribution in [-0.2, 0) is 14.3 Å². The molecule has 28 heavy (non-hydrogen) atoms. The monoisotopic (exact) mass is 390 g/mol. The second-order valence-electron chi connectivity index (χ2n) is 8.06. The van der Waals surface area contributed by atoms with Crippen LogP contribution in [0.2, 0.25) is 0 Å². The van der Waals surface area contributed by atoms with Gasteiger partial charge in [-0.05, 0) is 59.8 Å². The number of carbonyl (C=O) groups excluding carboxylic acids is 1. The summed E-state index contributed by atoms with van der Waals surface area (Å²) in [6.07, 6.45) is 10.5.